The molecular formula is C12H15N3O2. The number of hydrogen-bond acceptors (Lipinski definition) is 2. The van der Waals surface area contributed by atoms with E-state index in [0.29, 0.717) is 5.92 Å². The van der Waals surface area contributed by atoms with Crippen LogP contribution in [0, 0.1) is 5.92 Å². The molecule has 0 amide bonds. The summed E-state index contributed by atoms with van der Waals surface area (Å²) in [5, 5.41) is 2.52. The van der Waals surface area contributed by atoms with Crippen LogP contribution in [0.1, 0.15) is 12.5 Å². The van der Waals surface area contributed by atoms with E-state index in [-0.39, 0.29) is 11.7 Å². The van der Waals surface area contributed by atoms with E-state index in [1.807, 2.05) is 30.4 Å². The molecule has 1 aromatic rings. The van der Waals surface area contributed by atoms with Crippen LogP contribution in [0.3, 0.4) is 0 Å². The summed E-state index contributed by atoms with van der Waals surface area (Å²) in [5.41, 5.74) is -0.735. The summed E-state index contributed by atoms with van der Waals surface area (Å²) in [4.78, 5) is 23.0. The van der Waals surface area contributed by atoms with Gasteiger partial charge in [-0.05, 0) is 12.3 Å². The molecule has 17 heavy (non-hydrogen) atoms. The molecule has 0 radical (unpaired) electrons. The Hall–Kier alpha value is -2.04. The van der Waals surface area contributed by atoms with Gasteiger partial charge in [-0.15, -0.1) is 6.58 Å². The van der Waals surface area contributed by atoms with E-state index in [1.54, 1.807) is 0 Å². The van der Waals surface area contributed by atoms with Gasteiger partial charge < -0.3 is 0 Å². The van der Waals surface area contributed by atoms with Crippen molar-refractivity contribution >= 4 is 0 Å². The van der Waals surface area contributed by atoms with Gasteiger partial charge in [0.15, 0.2) is 0 Å². The molecule has 2 rings (SSSR count). The highest BCUT2D eigenvalue weighted by Crippen LogP contribution is 2.19. The Morgan fingerprint density at radius 1 is 1.35 bits per heavy atom. The third kappa shape index (κ3) is 2.08. The zero-order valence-corrected chi connectivity index (χ0v) is 9.67. The van der Waals surface area contributed by atoms with Crippen molar-refractivity contribution in [2.24, 2.45) is 13.0 Å². The average Bonchev–Trinajstić information content (AvgIpc) is 2.59. The topological polar surface area (TPSA) is 59.8 Å². The maximum atomic E-state index is 11.7. The lowest BCUT2D eigenvalue weighted by Crippen LogP contribution is -2.27. The summed E-state index contributed by atoms with van der Waals surface area (Å²) < 4.78 is 2.37. The molecule has 1 aromatic heterocycles. The molecule has 0 aromatic carbocycles. The van der Waals surface area contributed by atoms with Crippen molar-refractivity contribution in [3.05, 3.63) is 57.9 Å². The Balaban J connectivity index is 2.27. The summed E-state index contributed by atoms with van der Waals surface area (Å²) in [7, 11) is 1.45. The van der Waals surface area contributed by atoms with Gasteiger partial charge in [-0.3, -0.25) is 0 Å². The monoisotopic (exact) mass is 233 g/mol. The largest absolute Gasteiger partial charge is 0.347 e. The van der Waals surface area contributed by atoms with Crippen molar-refractivity contribution in [1.29, 1.82) is 0 Å². The smallest absolute Gasteiger partial charge is 0.246 e. The maximum Gasteiger partial charge on any atom is 0.347 e. The highest BCUT2D eigenvalue weighted by molar-refractivity contribution is 5.16. The third-order valence-electron chi connectivity index (χ3n) is 2.86. The van der Waals surface area contributed by atoms with Crippen LogP contribution in [0.25, 0.3) is 0 Å². The molecule has 0 saturated heterocycles. The molecule has 90 valence electrons. The molecule has 5 heteroatoms. The van der Waals surface area contributed by atoms with Gasteiger partial charge in [0, 0.05) is 7.05 Å². The standard InChI is InChI=1S/C12H15N3O2/c1-3-4-9-5-7-10(8-6-9)15-12(17)14(2)11(16)13-15/h3,5-10H,1,4H2,2H3,(H,13,16). The highest BCUT2D eigenvalue weighted by atomic mass is 16.2. The summed E-state index contributed by atoms with van der Waals surface area (Å²) in [6, 6.07) is -0.211. The first kappa shape index (κ1) is 11.4. The number of allylic oxidation sites excluding steroid dienone is 5. The van der Waals surface area contributed by atoms with Gasteiger partial charge in [0.1, 0.15) is 0 Å². The Morgan fingerprint density at radius 2 is 2.00 bits per heavy atom. The second-order valence-corrected chi connectivity index (χ2v) is 4.08. The van der Waals surface area contributed by atoms with E-state index >= 15 is 0 Å². The van der Waals surface area contributed by atoms with Crippen molar-refractivity contribution in [3.8, 4) is 0 Å². The van der Waals surface area contributed by atoms with E-state index in [2.05, 4.69) is 11.7 Å². The molecule has 0 unspecified atom stereocenters. The molecule has 0 fully saturated rings. The quantitative estimate of drug-likeness (QED) is 0.782. The Morgan fingerprint density at radius 3 is 2.47 bits per heavy atom. The molecule has 1 N–H and O–H groups in total. The first-order chi connectivity index (χ1) is 8.13. The van der Waals surface area contributed by atoms with Crippen molar-refractivity contribution in [1.82, 2.24) is 14.3 Å². The van der Waals surface area contributed by atoms with Crippen LogP contribution in [0.5, 0.6) is 0 Å². The van der Waals surface area contributed by atoms with E-state index in [9.17, 15) is 9.59 Å². The molecule has 0 bridgehead atoms. The van der Waals surface area contributed by atoms with Crippen LogP contribution in [-0.2, 0) is 7.05 Å². The number of aromatic amines is 1. The Kier molecular flexibility index (Phi) is 2.99. The summed E-state index contributed by atoms with van der Waals surface area (Å²) in [5.74, 6) is 0.329. The number of nitrogens with zero attached hydrogens (tertiary/aromatic N) is 2. The lowest BCUT2D eigenvalue weighted by molar-refractivity contribution is 0.578. The van der Waals surface area contributed by atoms with Gasteiger partial charge in [-0.1, -0.05) is 30.4 Å². The second-order valence-electron chi connectivity index (χ2n) is 4.08. The lowest BCUT2D eigenvalue weighted by Gasteiger charge is -2.15. The minimum absolute atomic E-state index is 0.211. The molecule has 5 nitrogen and oxygen atoms in total. The lowest BCUT2D eigenvalue weighted by atomic mass is 9.98. The molecular weight excluding hydrogens is 218 g/mol. The maximum absolute atomic E-state index is 11.7. The van der Waals surface area contributed by atoms with Gasteiger partial charge in [0.05, 0.1) is 6.04 Å². The molecule has 0 spiro atoms. The van der Waals surface area contributed by atoms with Crippen molar-refractivity contribution in [2.45, 2.75) is 12.5 Å². The minimum atomic E-state index is -0.398. The fraction of sp³-hybridized carbons (Fsp3) is 0.333. The average molecular weight is 233 g/mol. The molecule has 1 heterocycles. The number of aromatic nitrogens is 3. The predicted octanol–water partition coefficient (Wildman–Crippen LogP) is 0.734. The van der Waals surface area contributed by atoms with Crippen LogP contribution >= 0.6 is 0 Å². The number of nitrogens with one attached hydrogen (secondary N) is 1. The van der Waals surface area contributed by atoms with Gasteiger partial charge in [0.2, 0.25) is 0 Å². The predicted molar refractivity (Wildman–Crippen MR) is 65.9 cm³/mol. The van der Waals surface area contributed by atoms with Crippen LogP contribution < -0.4 is 11.4 Å². The van der Waals surface area contributed by atoms with Gasteiger partial charge in [0.25, 0.3) is 0 Å². The zero-order chi connectivity index (χ0) is 12.4. The SMILES string of the molecule is C=CCC1C=CC(n2[nH]c(=O)n(C)c2=O)C=C1. The first-order valence-corrected chi connectivity index (χ1v) is 5.48. The molecule has 0 aliphatic heterocycles. The van der Waals surface area contributed by atoms with Crippen molar-refractivity contribution in [2.75, 3.05) is 0 Å². The summed E-state index contributed by atoms with van der Waals surface area (Å²) in [6.45, 7) is 3.69. The minimum Gasteiger partial charge on any atom is -0.246 e. The van der Waals surface area contributed by atoms with Gasteiger partial charge in [-0.25, -0.2) is 23.9 Å². The molecule has 0 saturated carbocycles. The Bertz CT molecular complexity index is 572. The second kappa shape index (κ2) is 4.45. The van der Waals surface area contributed by atoms with Crippen molar-refractivity contribution in [3.63, 3.8) is 0 Å². The van der Waals surface area contributed by atoms with Crippen LogP contribution in [-0.4, -0.2) is 14.3 Å². The molecule has 1 aliphatic rings. The molecule has 0 atom stereocenters. The van der Waals surface area contributed by atoms with E-state index in [4.69, 9.17) is 0 Å². The number of rotatable bonds is 3. The summed E-state index contributed by atoms with van der Waals surface area (Å²) >= 11 is 0. The van der Waals surface area contributed by atoms with E-state index < -0.39 is 5.69 Å². The van der Waals surface area contributed by atoms with Crippen LogP contribution in [0.15, 0.2) is 46.5 Å². The van der Waals surface area contributed by atoms with Crippen molar-refractivity contribution < 1.29 is 0 Å². The fourth-order valence-electron chi connectivity index (χ4n) is 1.84. The van der Waals surface area contributed by atoms with E-state index in [1.165, 1.54) is 11.7 Å². The fourth-order valence-corrected chi connectivity index (χ4v) is 1.84. The summed E-state index contributed by atoms with van der Waals surface area (Å²) in [6.07, 6.45) is 10.6. The first-order valence-electron chi connectivity index (χ1n) is 5.48. The Labute approximate surface area is 98.4 Å². The van der Waals surface area contributed by atoms with Gasteiger partial charge in [-0.2, -0.15) is 0 Å². The third-order valence-corrected chi connectivity index (χ3v) is 2.86. The normalized spacial score (nSPS) is 22.9. The van der Waals surface area contributed by atoms with E-state index in [0.717, 1.165) is 11.0 Å². The van der Waals surface area contributed by atoms with Gasteiger partial charge >= 0.3 is 11.4 Å². The van der Waals surface area contributed by atoms with Crippen LogP contribution in [0.4, 0.5) is 0 Å². The number of H-pyrrole nitrogens is 1. The zero-order valence-electron chi connectivity index (χ0n) is 9.67. The molecule has 1 aliphatic carbocycles. The number of hydrogen-bond donors (Lipinski definition) is 1. The van der Waals surface area contributed by atoms with Crippen LogP contribution in [0.2, 0.25) is 0 Å². The highest BCUT2D eigenvalue weighted by Gasteiger charge is 2.14.